The van der Waals surface area contributed by atoms with Crippen LogP contribution in [0.25, 0.3) is 28.0 Å². The third kappa shape index (κ3) is 3.17. The zero-order valence-electron chi connectivity index (χ0n) is 15.4. The monoisotopic (exact) mass is 393 g/mol. The molecule has 0 amide bonds. The Morgan fingerprint density at radius 3 is 2.64 bits per heavy atom. The highest BCUT2D eigenvalue weighted by atomic mass is 35.5. The Hall–Kier alpha value is -2.43. The van der Waals surface area contributed by atoms with Crippen molar-refractivity contribution < 1.29 is 4.39 Å². The Balaban J connectivity index is 1.60. The molecule has 142 valence electrons. The van der Waals surface area contributed by atoms with Crippen molar-refractivity contribution in [3.63, 3.8) is 0 Å². The van der Waals surface area contributed by atoms with E-state index >= 15 is 0 Å². The van der Waals surface area contributed by atoms with Crippen LogP contribution in [0.3, 0.4) is 0 Å². The maximum atomic E-state index is 13.4. The van der Waals surface area contributed by atoms with Crippen molar-refractivity contribution in [1.29, 1.82) is 0 Å². The number of pyridine rings is 1. The molecule has 0 unspecified atom stereocenters. The summed E-state index contributed by atoms with van der Waals surface area (Å²) in [5, 5.41) is 0.249. The second-order valence-corrected chi connectivity index (χ2v) is 8.19. The van der Waals surface area contributed by atoms with Crippen LogP contribution in [-0.4, -0.2) is 39.4 Å². The summed E-state index contributed by atoms with van der Waals surface area (Å²) in [6, 6.07) is 11.2. The maximum Gasteiger partial charge on any atom is 0.123 e. The highest BCUT2D eigenvalue weighted by Crippen LogP contribution is 2.41. The van der Waals surface area contributed by atoms with Crippen molar-refractivity contribution in [2.45, 2.75) is 24.3 Å². The molecule has 5 rings (SSSR count). The van der Waals surface area contributed by atoms with Crippen molar-refractivity contribution in [2.75, 3.05) is 13.1 Å². The summed E-state index contributed by atoms with van der Waals surface area (Å²) in [6.07, 6.45) is 10.1. The van der Waals surface area contributed by atoms with Gasteiger partial charge in [0.25, 0.3) is 0 Å². The predicted molar refractivity (Wildman–Crippen MR) is 112 cm³/mol. The molecule has 1 N–H and O–H groups in total. The van der Waals surface area contributed by atoms with Gasteiger partial charge in [-0.2, -0.15) is 0 Å². The van der Waals surface area contributed by atoms with Gasteiger partial charge in [0.05, 0.1) is 5.69 Å². The summed E-state index contributed by atoms with van der Waals surface area (Å²) in [5.74, 6) is -0.229. The van der Waals surface area contributed by atoms with Gasteiger partial charge in [-0.3, -0.25) is 9.88 Å². The Labute approximate surface area is 168 Å². The third-order valence-electron chi connectivity index (χ3n) is 5.83. The molecule has 1 saturated heterocycles. The number of hydrogen-bond donors (Lipinski definition) is 1. The lowest BCUT2D eigenvalue weighted by molar-refractivity contribution is 0.275. The van der Waals surface area contributed by atoms with Gasteiger partial charge in [0, 0.05) is 54.2 Å². The van der Waals surface area contributed by atoms with Crippen LogP contribution in [0.2, 0.25) is 0 Å². The molecule has 3 aromatic rings. The summed E-state index contributed by atoms with van der Waals surface area (Å²) >= 11 is 6.40. The van der Waals surface area contributed by atoms with Gasteiger partial charge in [0.2, 0.25) is 0 Å². The zero-order chi connectivity index (χ0) is 19.1. The smallest absolute Gasteiger partial charge is 0.123 e. The number of aromatic nitrogens is 2. The van der Waals surface area contributed by atoms with Crippen molar-refractivity contribution in [3.8, 4) is 22.4 Å². The van der Waals surface area contributed by atoms with Gasteiger partial charge < -0.3 is 4.98 Å². The van der Waals surface area contributed by atoms with Gasteiger partial charge in [-0.15, -0.1) is 11.6 Å². The minimum absolute atomic E-state index is 0.229. The number of aromatic amines is 1. The lowest BCUT2D eigenvalue weighted by atomic mass is 9.89. The molecular weight excluding hydrogens is 373 g/mol. The van der Waals surface area contributed by atoms with Crippen LogP contribution in [0.1, 0.15) is 18.4 Å². The molecule has 0 aliphatic carbocycles. The number of nitrogens with one attached hydrogen (secondary N) is 1. The number of halogens is 2. The van der Waals surface area contributed by atoms with E-state index in [-0.39, 0.29) is 11.2 Å². The fourth-order valence-corrected chi connectivity index (χ4v) is 4.87. The number of nitrogens with zero attached hydrogens (tertiary/aromatic N) is 2. The van der Waals surface area contributed by atoms with Gasteiger partial charge in [-0.1, -0.05) is 6.08 Å². The summed E-state index contributed by atoms with van der Waals surface area (Å²) in [7, 11) is 0. The van der Waals surface area contributed by atoms with Crippen LogP contribution in [-0.2, 0) is 0 Å². The lowest BCUT2D eigenvalue weighted by Crippen LogP contribution is -2.33. The Bertz CT molecular complexity index is 1010. The number of H-pyrrole nitrogens is 1. The van der Waals surface area contributed by atoms with Crippen molar-refractivity contribution in [3.05, 3.63) is 72.4 Å². The standard InChI is InChI=1S/C23H21ClFN3/c24-18-12-20-11-17(7-10-28(20)14-18)21-13-27-23(16-1-3-19(25)4-2-16)22(21)15-5-8-26-9-6-15/h1-9,13,18,20,27H,10-12,14H2/t18-,20-/m0/s1. The van der Waals surface area contributed by atoms with Crippen molar-refractivity contribution in [2.24, 2.45) is 0 Å². The normalized spacial score (nSPS) is 22.1. The Morgan fingerprint density at radius 1 is 1.07 bits per heavy atom. The van der Waals surface area contributed by atoms with Crippen LogP contribution in [0.5, 0.6) is 0 Å². The molecule has 4 heterocycles. The van der Waals surface area contributed by atoms with E-state index in [1.807, 2.05) is 36.7 Å². The quantitative estimate of drug-likeness (QED) is 0.608. The van der Waals surface area contributed by atoms with Gasteiger partial charge in [-0.25, -0.2) is 4.39 Å². The number of hydrogen-bond acceptors (Lipinski definition) is 2. The Kier molecular flexibility index (Phi) is 4.53. The minimum Gasteiger partial charge on any atom is -0.360 e. The van der Waals surface area contributed by atoms with E-state index in [2.05, 4.69) is 27.1 Å². The van der Waals surface area contributed by atoms with Gasteiger partial charge >= 0.3 is 0 Å². The molecule has 0 saturated carbocycles. The van der Waals surface area contributed by atoms with Gasteiger partial charge in [0.1, 0.15) is 5.82 Å². The van der Waals surface area contributed by atoms with E-state index in [0.717, 1.165) is 48.3 Å². The van der Waals surface area contributed by atoms with Crippen LogP contribution >= 0.6 is 11.6 Å². The topological polar surface area (TPSA) is 31.9 Å². The fourth-order valence-electron chi connectivity index (χ4n) is 4.48. The van der Waals surface area contributed by atoms with Gasteiger partial charge in [0.15, 0.2) is 0 Å². The minimum atomic E-state index is -0.229. The molecule has 0 radical (unpaired) electrons. The molecule has 2 aliphatic heterocycles. The summed E-state index contributed by atoms with van der Waals surface area (Å²) in [5.41, 5.74) is 6.79. The van der Waals surface area contributed by atoms with Crippen molar-refractivity contribution in [1.82, 2.24) is 14.9 Å². The molecular formula is C23H21ClFN3. The highest BCUT2D eigenvalue weighted by molar-refractivity contribution is 6.21. The highest BCUT2D eigenvalue weighted by Gasteiger charge is 2.34. The van der Waals surface area contributed by atoms with E-state index in [0.29, 0.717) is 6.04 Å². The summed E-state index contributed by atoms with van der Waals surface area (Å²) < 4.78 is 13.4. The molecule has 2 aliphatic rings. The Morgan fingerprint density at radius 2 is 1.86 bits per heavy atom. The number of benzene rings is 1. The number of alkyl halides is 1. The van der Waals surface area contributed by atoms with E-state index < -0.39 is 0 Å². The maximum absolute atomic E-state index is 13.4. The van der Waals surface area contributed by atoms with Gasteiger partial charge in [-0.05, 0) is 65.9 Å². The fraction of sp³-hybridized carbons (Fsp3) is 0.261. The molecule has 3 nitrogen and oxygen atoms in total. The first-order valence-electron chi connectivity index (χ1n) is 9.64. The van der Waals surface area contributed by atoms with E-state index in [4.69, 9.17) is 11.6 Å². The number of fused-ring (bicyclic) bond motifs is 1. The van der Waals surface area contributed by atoms with E-state index in [1.54, 1.807) is 0 Å². The first-order valence-corrected chi connectivity index (χ1v) is 10.1. The second-order valence-electron chi connectivity index (χ2n) is 7.57. The SMILES string of the molecule is Fc1ccc(-c2[nH]cc(C3=CCN4C[C@@H](Cl)C[C@@H]4C3)c2-c2ccncc2)cc1. The third-order valence-corrected chi connectivity index (χ3v) is 6.15. The first-order chi connectivity index (χ1) is 13.7. The second kappa shape index (κ2) is 7.19. The molecule has 0 bridgehead atoms. The van der Waals surface area contributed by atoms with Crippen molar-refractivity contribution >= 4 is 17.2 Å². The lowest BCUT2D eigenvalue weighted by Gasteiger charge is -2.29. The largest absolute Gasteiger partial charge is 0.360 e. The van der Waals surface area contributed by atoms with Crippen LogP contribution in [0.15, 0.2) is 61.1 Å². The molecule has 5 heteroatoms. The summed E-state index contributed by atoms with van der Waals surface area (Å²) in [4.78, 5) is 10.1. The van der Waals surface area contributed by atoms with E-state index in [1.165, 1.54) is 23.3 Å². The molecule has 0 spiro atoms. The molecule has 2 aromatic heterocycles. The summed E-state index contributed by atoms with van der Waals surface area (Å²) in [6.45, 7) is 1.91. The molecule has 28 heavy (non-hydrogen) atoms. The predicted octanol–water partition coefficient (Wildman–Crippen LogP) is 5.35. The zero-order valence-corrected chi connectivity index (χ0v) is 16.2. The van der Waals surface area contributed by atoms with E-state index in [9.17, 15) is 4.39 Å². The van der Waals surface area contributed by atoms with Crippen LogP contribution < -0.4 is 0 Å². The van der Waals surface area contributed by atoms with Crippen LogP contribution in [0, 0.1) is 5.82 Å². The molecule has 1 aromatic carbocycles. The average Bonchev–Trinajstić information content (AvgIpc) is 3.31. The number of rotatable bonds is 3. The first kappa shape index (κ1) is 17.7. The molecule has 1 fully saturated rings. The molecule has 2 atom stereocenters. The average molecular weight is 394 g/mol. The van der Waals surface area contributed by atoms with Crippen LogP contribution in [0.4, 0.5) is 4.39 Å².